The van der Waals surface area contributed by atoms with Crippen LogP contribution in [0, 0.1) is 11.6 Å². The van der Waals surface area contributed by atoms with Gasteiger partial charge in [-0.25, -0.2) is 8.78 Å². The van der Waals surface area contributed by atoms with Crippen LogP contribution in [0.5, 0.6) is 0 Å². The highest BCUT2D eigenvalue weighted by Gasteiger charge is 2.21. The molecule has 0 fully saturated rings. The molecule has 0 aliphatic heterocycles. The Morgan fingerprint density at radius 3 is 2.44 bits per heavy atom. The van der Waals surface area contributed by atoms with E-state index < -0.39 is 17.7 Å². The van der Waals surface area contributed by atoms with Crippen molar-refractivity contribution in [1.82, 2.24) is 4.98 Å². The highest BCUT2D eigenvalue weighted by Crippen LogP contribution is 2.31. The molecule has 0 aliphatic rings. The van der Waals surface area contributed by atoms with Crippen molar-refractivity contribution in [2.24, 2.45) is 0 Å². The van der Waals surface area contributed by atoms with Crippen molar-refractivity contribution in [3.05, 3.63) is 106 Å². The molecule has 1 heterocycles. The molecule has 0 aliphatic carbocycles. The molecule has 0 amide bonds. The fraction of sp³-hybridized carbons (Fsp3) is 0.0952. The van der Waals surface area contributed by atoms with Gasteiger partial charge in [0, 0.05) is 46.6 Å². The zero-order valence-electron chi connectivity index (χ0n) is 14.1. The standard InChI is InChI=1S/C21H16ClF2NO2/c22-16-6-3-13(4-7-16)20(26)18(21(27)15-2-1-9-25-12-15)10-14-5-8-17(23)11-19(14)24/h1-9,11-12,21,26-27H,10H2/b20-18+. The molecule has 0 saturated carbocycles. The fourth-order valence-electron chi connectivity index (χ4n) is 2.71. The zero-order chi connectivity index (χ0) is 19.4. The molecule has 3 nitrogen and oxygen atoms in total. The van der Waals surface area contributed by atoms with E-state index in [4.69, 9.17) is 11.6 Å². The Hall–Kier alpha value is -2.76. The van der Waals surface area contributed by atoms with Crippen molar-refractivity contribution in [3.8, 4) is 0 Å². The van der Waals surface area contributed by atoms with Crippen LogP contribution in [0.2, 0.25) is 5.02 Å². The van der Waals surface area contributed by atoms with Gasteiger partial charge >= 0.3 is 0 Å². The lowest BCUT2D eigenvalue weighted by Gasteiger charge is -2.18. The number of rotatable bonds is 5. The van der Waals surface area contributed by atoms with Gasteiger partial charge in [0.15, 0.2) is 0 Å². The Bertz CT molecular complexity index is 960. The van der Waals surface area contributed by atoms with Gasteiger partial charge in [-0.15, -0.1) is 0 Å². The smallest absolute Gasteiger partial charge is 0.129 e. The van der Waals surface area contributed by atoms with Crippen LogP contribution in [0.25, 0.3) is 5.76 Å². The Morgan fingerprint density at radius 2 is 1.81 bits per heavy atom. The van der Waals surface area contributed by atoms with Gasteiger partial charge in [0.1, 0.15) is 23.5 Å². The highest BCUT2D eigenvalue weighted by molar-refractivity contribution is 6.30. The summed E-state index contributed by atoms with van der Waals surface area (Å²) in [7, 11) is 0. The predicted molar refractivity (Wildman–Crippen MR) is 100 cm³/mol. The van der Waals surface area contributed by atoms with Crippen LogP contribution in [0.1, 0.15) is 22.8 Å². The Kier molecular flexibility index (Phi) is 5.84. The summed E-state index contributed by atoms with van der Waals surface area (Å²) >= 11 is 5.88. The number of aromatic nitrogens is 1. The summed E-state index contributed by atoms with van der Waals surface area (Å²) in [4.78, 5) is 3.96. The monoisotopic (exact) mass is 387 g/mol. The van der Waals surface area contributed by atoms with Crippen molar-refractivity contribution < 1.29 is 19.0 Å². The Labute approximate surface area is 160 Å². The highest BCUT2D eigenvalue weighted by atomic mass is 35.5. The second kappa shape index (κ2) is 8.29. The molecule has 0 spiro atoms. The van der Waals surface area contributed by atoms with Gasteiger partial charge in [-0.1, -0.05) is 23.7 Å². The lowest BCUT2D eigenvalue weighted by Crippen LogP contribution is -2.09. The van der Waals surface area contributed by atoms with Gasteiger partial charge in [-0.3, -0.25) is 4.98 Å². The van der Waals surface area contributed by atoms with Gasteiger partial charge in [0.25, 0.3) is 0 Å². The lowest BCUT2D eigenvalue weighted by atomic mass is 9.93. The van der Waals surface area contributed by atoms with Gasteiger partial charge in [-0.2, -0.15) is 0 Å². The molecule has 3 rings (SSSR count). The number of hydrogen-bond donors (Lipinski definition) is 2. The average molecular weight is 388 g/mol. The number of aliphatic hydroxyl groups excluding tert-OH is 2. The van der Waals surface area contributed by atoms with Crippen LogP contribution in [-0.4, -0.2) is 15.2 Å². The van der Waals surface area contributed by atoms with E-state index in [1.807, 2.05) is 0 Å². The number of hydrogen-bond acceptors (Lipinski definition) is 3. The number of pyridine rings is 1. The minimum absolute atomic E-state index is 0.114. The van der Waals surface area contributed by atoms with Crippen LogP contribution in [0.3, 0.4) is 0 Å². The van der Waals surface area contributed by atoms with Crippen molar-refractivity contribution in [3.63, 3.8) is 0 Å². The van der Waals surface area contributed by atoms with E-state index in [1.165, 1.54) is 12.3 Å². The Morgan fingerprint density at radius 1 is 1.07 bits per heavy atom. The van der Waals surface area contributed by atoms with Gasteiger partial charge in [0.2, 0.25) is 0 Å². The first-order chi connectivity index (χ1) is 13.0. The molecule has 2 N–H and O–H groups in total. The van der Waals surface area contributed by atoms with E-state index >= 15 is 0 Å². The first-order valence-corrected chi connectivity index (χ1v) is 8.53. The van der Waals surface area contributed by atoms with Gasteiger partial charge in [0.05, 0.1) is 0 Å². The maximum Gasteiger partial charge on any atom is 0.129 e. The average Bonchev–Trinajstić information content (AvgIpc) is 2.68. The summed E-state index contributed by atoms with van der Waals surface area (Å²) in [6.45, 7) is 0. The van der Waals surface area contributed by atoms with E-state index in [9.17, 15) is 19.0 Å². The SMILES string of the molecule is O/C(=C(\Cc1ccc(F)cc1F)C(O)c1cccnc1)c1ccc(Cl)cc1. The van der Waals surface area contributed by atoms with E-state index in [1.54, 1.807) is 42.6 Å². The van der Waals surface area contributed by atoms with Crippen molar-refractivity contribution >= 4 is 17.4 Å². The fourth-order valence-corrected chi connectivity index (χ4v) is 2.84. The maximum absolute atomic E-state index is 14.1. The van der Waals surface area contributed by atoms with Crippen LogP contribution in [0.4, 0.5) is 8.78 Å². The van der Waals surface area contributed by atoms with Crippen LogP contribution in [0.15, 0.2) is 72.6 Å². The minimum Gasteiger partial charge on any atom is -0.507 e. The predicted octanol–water partition coefficient (Wildman–Crippen LogP) is 5.26. The minimum atomic E-state index is -1.22. The summed E-state index contributed by atoms with van der Waals surface area (Å²) in [6, 6.07) is 12.9. The molecule has 0 bridgehead atoms. The second-order valence-electron chi connectivity index (χ2n) is 5.98. The summed E-state index contributed by atoms with van der Waals surface area (Å²) in [6.07, 6.45) is 1.68. The van der Waals surface area contributed by atoms with Crippen molar-refractivity contribution in [1.29, 1.82) is 0 Å². The van der Waals surface area contributed by atoms with E-state index in [-0.39, 0.29) is 23.3 Å². The molecule has 0 saturated heterocycles. The molecule has 1 atom stereocenters. The van der Waals surface area contributed by atoms with Crippen molar-refractivity contribution in [2.45, 2.75) is 12.5 Å². The molecule has 3 aromatic rings. The maximum atomic E-state index is 14.1. The number of aliphatic hydroxyl groups is 2. The molecule has 6 heteroatoms. The number of benzene rings is 2. The number of nitrogens with zero attached hydrogens (tertiary/aromatic N) is 1. The van der Waals surface area contributed by atoms with E-state index in [2.05, 4.69) is 4.98 Å². The number of halogens is 3. The second-order valence-corrected chi connectivity index (χ2v) is 6.42. The Balaban J connectivity index is 2.08. The third kappa shape index (κ3) is 4.51. The molecule has 1 unspecified atom stereocenters. The van der Waals surface area contributed by atoms with E-state index in [0.717, 1.165) is 12.1 Å². The first kappa shape index (κ1) is 19.0. The molecule has 1 aromatic heterocycles. The summed E-state index contributed by atoms with van der Waals surface area (Å²) in [5, 5.41) is 22.1. The molecular weight excluding hydrogens is 372 g/mol. The van der Waals surface area contributed by atoms with Gasteiger partial charge in [-0.05, 0) is 42.0 Å². The largest absolute Gasteiger partial charge is 0.507 e. The van der Waals surface area contributed by atoms with Crippen LogP contribution < -0.4 is 0 Å². The molecular formula is C21H16ClF2NO2. The third-order valence-electron chi connectivity index (χ3n) is 4.15. The van der Waals surface area contributed by atoms with Gasteiger partial charge < -0.3 is 10.2 Å². The van der Waals surface area contributed by atoms with E-state index in [0.29, 0.717) is 16.1 Å². The molecule has 2 aromatic carbocycles. The van der Waals surface area contributed by atoms with Crippen LogP contribution >= 0.6 is 11.6 Å². The lowest BCUT2D eigenvalue weighted by molar-refractivity contribution is 0.209. The molecule has 0 radical (unpaired) electrons. The van der Waals surface area contributed by atoms with Crippen LogP contribution in [-0.2, 0) is 6.42 Å². The first-order valence-electron chi connectivity index (χ1n) is 8.15. The molecule has 27 heavy (non-hydrogen) atoms. The quantitative estimate of drug-likeness (QED) is 0.587. The zero-order valence-corrected chi connectivity index (χ0v) is 14.9. The third-order valence-corrected chi connectivity index (χ3v) is 4.40. The summed E-state index contributed by atoms with van der Waals surface area (Å²) in [5.41, 5.74) is 1.17. The summed E-state index contributed by atoms with van der Waals surface area (Å²) in [5.74, 6) is -1.65. The summed E-state index contributed by atoms with van der Waals surface area (Å²) < 4.78 is 27.3. The van der Waals surface area contributed by atoms with Crippen molar-refractivity contribution in [2.75, 3.05) is 0 Å². The molecule has 138 valence electrons. The topological polar surface area (TPSA) is 53.4 Å². The normalized spacial score (nSPS) is 13.2.